The molecule has 7 heteroatoms. The number of hydrogen-bond donors (Lipinski definition) is 1. The molecule has 124 valence electrons. The largest absolute Gasteiger partial charge is 0.467 e. The van der Waals surface area contributed by atoms with E-state index in [0.717, 1.165) is 4.90 Å². The van der Waals surface area contributed by atoms with Crippen LogP contribution in [0.2, 0.25) is 0 Å². The van der Waals surface area contributed by atoms with E-state index in [-0.39, 0.29) is 12.8 Å². The third-order valence-electron chi connectivity index (χ3n) is 3.92. The first-order valence-electron chi connectivity index (χ1n) is 7.42. The van der Waals surface area contributed by atoms with E-state index in [0.29, 0.717) is 12.8 Å². The van der Waals surface area contributed by atoms with Gasteiger partial charge in [-0.1, -0.05) is 0 Å². The maximum Gasteiger partial charge on any atom is 0.417 e. The zero-order valence-electron chi connectivity index (χ0n) is 13.4. The molecule has 0 aromatic rings. The van der Waals surface area contributed by atoms with Gasteiger partial charge in [-0.3, -0.25) is 4.79 Å². The van der Waals surface area contributed by atoms with Crippen molar-refractivity contribution in [3.8, 4) is 0 Å². The summed E-state index contributed by atoms with van der Waals surface area (Å²) in [5, 5.41) is 10.00. The Kier molecular flexibility index (Phi) is 4.21. The third-order valence-corrected chi connectivity index (χ3v) is 3.92. The predicted molar refractivity (Wildman–Crippen MR) is 75.8 cm³/mol. The minimum Gasteiger partial charge on any atom is -0.467 e. The monoisotopic (exact) mass is 313 g/mol. The van der Waals surface area contributed by atoms with Crippen LogP contribution >= 0.6 is 0 Å². The Morgan fingerprint density at radius 2 is 1.95 bits per heavy atom. The van der Waals surface area contributed by atoms with Gasteiger partial charge in [-0.25, -0.2) is 14.5 Å². The Bertz CT molecular complexity index is 491. The molecule has 2 atom stereocenters. The van der Waals surface area contributed by atoms with E-state index in [2.05, 4.69) is 4.74 Å². The summed E-state index contributed by atoms with van der Waals surface area (Å²) in [6.07, 6.45) is 0.863. The van der Waals surface area contributed by atoms with Crippen molar-refractivity contribution >= 4 is 18.0 Å². The summed E-state index contributed by atoms with van der Waals surface area (Å²) in [5.41, 5.74) is -1.60. The van der Waals surface area contributed by atoms with Crippen LogP contribution in [0.15, 0.2) is 0 Å². The Hall–Kier alpha value is -1.63. The number of ether oxygens (including phenoxy) is 2. The van der Waals surface area contributed by atoms with Crippen molar-refractivity contribution in [3.05, 3.63) is 0 Å². The zero-order chi connectivity index (χ0) is 16.7. The first kappa shape index (κ1) is 16.7. The number of carbonyl (C=O) groups excluding carboxylic acids is 3. The van der Waals surface area contributed by atoms with Gasteiger partial charge in [0.1, 0.15) is 11.6 Å². The lowest BCUT2D eigenvalue weighted by atomic mass is 9.96. The molecule has 2 amide bonds. The molecule has 2 rings (SSSR count). The van der Waals surface area contributed by atoms with Gasteiger partial charge in [0.25, 0.3) is 0 Å². The van der Waals surface area contributed by atoms with Gasteiger partial charge in [0.05, 0.1) is 12.7 Å². The summed E-state index contributed by atoms with van der Waals surface area (Å²) >= 11 is 0. The molecule has 1 aliphatic heterocycles. The molecule has 7 nitrogen and oxygen atoms in total. The fourth-order valence-electron chi connectivity index (χ4n) is 2.67. The highest BCUT2D eigenvalue weighted by atomic mass is 16.6. The number of carbonyl (C=O) groups is 3. The van der Waals surface area contributed by atoms with Gasteiger partial charge in [0.15, 0.2) is 0 Å². The Balaban J connectivity index is 2.17. The molecular weight excluding hydrogens is 290 g/mol. The molecule has 2 aliphatic rings. The van der Waals surface area contributed by atoms with Crippen LogP contribution in [0.4, 0.5) is 4.79 Å². The number of rotatable bonds is 3. The van der Waals surface area contributed by atoms with Gasteiger partial charge in [-0.2, -0.15) is 0 Å². The lowest BCUT2D eigenvalue weighted by Crippen LogP contribution is -2.46. The minimum absolute atomic E-state index is 0.160. The number of hydrogen-bond acceptors (Lipinski definition) is 6. The van der Waals surface area contributed by atoms with Crippen molar-refractivity contribution in [3.63, 3.8) is 0 Å². The van der Waals surface area contributed by atoms with Crippen molar-refractivity contribution in [2.75, 3.05) is 7.11 Å². The van der Waals surface area contributed by atoms with Gasteiger partial charge >= 0.3 is 12.1 Å². The summed E-state index contributed by atoms with van der Waals surface area (Å²) in [6.45, 7) is 5.05. The predicted octanol–water partition coefficient (Wildman–Crippen LogP) is 1.23. The van der Waals surface area contributed by atoms with E-state index in [9.17, 15) is 19.5 Å². The standard InChI is InChI=1S/C15H23NO6/c1-14(2,3)22-13(19)16-10(12(18)21-4)7-9(11(16)17)8-15(20)5-6-15/h9-10,20H,5-8H2,1-4H3/t9-,10-/m0/s1. The molecule has 0 unspecified atom stereocenters. The second-order valence-electron chi connectivity index (χ2n) is 7.09. The number of imide groups is 1. The fraction of sp³-hybridized carbons (Fsp3) is 0.800. The number of likely N-dealkylation sites (tertiary alicyclic amines) is 1. The second kappa shape index (κ2) is 5.53. The van der Waals surface area contributed by atoms with Crippen LogP contribution < -0.4 is 0 Å². The Morgan fingerprint density at radius 3 is 2.41 bits per heavy atom. The molecule has 22 heavy (non-hydrogen) atoms. The van der Waals surface area contributed by atoms with E-state index >= 15 is 0 Å². The molecule has 1 N–H and O–H groups in total. The topological polar surface area (TPSA) is 93.1 Å². The van der Waals surface area contributed by atoms with Gasteiger partial charge in [-0.15, -0.1) is 0 Å². The smallest absolute Gasteiger partial charge is 0.417 e. The highest BCUT2D eigenvalue weighted by Crippen LogP contribution is 2.44. The molecular formula is C15H23NO6. The fourth-order valence-corrected chi connectivity index (χ4v) is 2.67. The number of aliphatic hydroxyl groups is 1. The number of esters is 1. The molecule has 1 heterocycles. The van der Waals surface area contributed by atoms with E-state index in [1.807, 2.05) is 0 Å². The second-order valence-corrected chi connectivity index (χ2v) is 7.09. The summed E-state index contributed by atoms with van der Waals surface area (Å²) in [4.78, 5) is 37.4. The zero-order valence-corrected chi connectivity index (χ0v) is 13.4. The maximum absolute atomic E-state index is 12.5. The van der Waals surface area contributed by atoms with Crippen LogP contribution in [0.5, 0.6) is 0 Å². The van der Waals surface area contributed by atoms with E-state index in [1.54, 1.807) is 20.8 Å². The van der Waals surface area contributed by atoms with Gasteiger partial charge in [0.2, 0.25) is 5.91 Å². The summed E-state index contributed by atoms with van der Waals surface area (Å²) in [7, 11) is 1.21. The lowest BCUT2D eigenvalue weighted by molar-refractivity contribution is -0.148. The number of nitrogens with zero attached hydrogens (tertiary/aromatic N) is 1. The summed E-state index contributed by atoms with van der Waals surface area (Å²) in [5.74, 6) is -1.70. The van der Waals surface area contributed by atoms with Crippen molar-refractivity contribution in [1.82, 2.24) is 4.90 Å². The molecule has 0 aromatic heterocycles. The lowest BCUT2D eigenvalue weighted by Gasteiger charge is -2.26. The third kappa shape index (κ3) is 3.58. The van der Waals surface area contributed by atoms with Crippen LogP contribution in [0.25, 0.3) is 0 Å². The van der Waals surface area contributed by atoms with E-state index in [4.69, 9.17) is 4.74 Å². The molecule has 1 saturated heterocycles. The first-order chi connectivity index (χ1) is 10.1. The van der Waals surface area contributed by atoms with Crippen LogP contribution in [-0.2, 0) is 19.1 Å². The number of amides is 2. The van der Waals surface area contributed by atoms with E-state index < -0.39 is 41.1 Å². The van der Waals surface area contributed by atoms with E-state index in [1.165, 1.54) is 7.11 Å². The minimum atomic E-state index is -0.986. The van der Waals surface area contributed by atoms with Crippen LogP contribution in [-0.4, -0.2) is 52.3 Å². The molecule has 1 saturated carbocycles. The average molecular weight is 313 g/mol. The highest BCUT2D eigenvalue weighted by molar-refractivity contribution is 6.00. The van der Waals surface area contributed by atoms with Gasteiger partial charge in [0, 0.05) is 5.92 Å². The van der Waals surface area contributed by atoms with Crippen LogP contribution in [0, 0.1) is 5.92 Å². The van der Waals surface area contributed by atoms with Crippen molar-refractivity contribution in [2.45, 2.75) is 63.7 Å². The summed E-state index contributed by atoms with van der Waals surface area (Å²) in [6, 6.07) is -0.986. The van der Waals surface area contributed by atoms with Gasteiger partial charge in [-0.05, 0) is 46.5 Å². The number of methoxy groups -OCH3 is 1. The molecule has 0 radical (unpaired) electrons. The van der Waals surface area contributed by atoms with Crippen molar-refractivity contribution < 1.29 is 29.0 Å². The SMILES string of the molecule is COC(=O)[C@@H]1C[C@@H](CC2(O)CC2)C(=O)N1C(=O)OC(C)(C)C. The Morgan fingerprint density at radius 1 is 1.36 bits per heavy atom. The Labute approximate surface area is 129 Å². The van der Waals surface area contributed by atoms with Crippen LogP contribution in [0.3, 0.4) is 0 Å². The van der Waals surface area contributed by atoms with Crippen molar-refractivity contribution in [1.29, 1.82) is 0 Å². The van der Waals surface area contributed by atoms with Crippen LogP contribution in [0.1, 0.15) is 46.5 Å². The van der Waals surface area contributed by atoms with Gasteiger partial charge < -0.3 is 14.6 Å². The quantitative estimate of drug-likeness (QED) is 0.788. The first-order valence-corrected chi connectivity index (χ1v) is 7.42. The molecule has 0 spiro atoms. The molecule has 0 aromatic carbocycles. The van der Waals surface area contributed by atoms with Crippen molar-refractivity contribution in [2.24, 2.45) is 5.92 Å². The molecule has 2 fully saturated rings. The normalized spacial score (nSPS) is 26.8. The maximum atomic E-state index is 12.5. The average Bonchev–Trinajstić information content (AvgIpc) is 3.02. The molecule has 1 aliphatic carbocycles. The molecule has 0 bridgehead atoms. The highest BCUT2D eigenvalue weighted by Gasteiger charge is 2.53. The summed E-state index contributed by atoms with van der Waals surface area (Å²) < 4.78 is 9.89.